The van der Waals surface area contributed by atoms with Gasteiger partial charge in [-0.2, -0.15) is 0 Å². The lowest BCUT2D eigenvalue weighted by Crippen LogP contribution is -2.53. The molecule has 0 atom stereocenters. The Morgan fingerprint density at radius 2 is 1.95 bits per heavy atom. The Morgan fingerprint density at radius 3 is 2.53 bits per heavy atom. The van der Waals surface area contributed by atoms with Crippen LogP contribution in [0.5, 0.6) is 0 Å². The van der Waals surface area contributed by atoms with Crippen molar-refractivity contribution in [3.63, 3.8) is 0 Å². The standard InChI is InChI=1S/C15H17N3O/c1-11-7-13(12-5-3-2-4-6-12)18-14(17-11)15(8-16)9-19-10-15/h2-7H,8-10,16H2,1H3. The van der Waals surface area contributed by atoms with E-state index in [-0.39, 0.29) is 5.41 Å². The highest BCUT2D eigenvalue weighted by Crippen LogP contribution is 2.30. The van der Waals surface area contributed by atoms with E-state index in [0.717, 1.165) is 22.8 Å². The highest BCUT2D eigenvalue weighted by molar-refractivity contribution is 5.59. The van der Waals surface area contributed by atoms with Crippen molar-refractivity contribution in [3.8, 4) is 11.3 Å². The zero-order valence-electron chi connectivity index (χ0n) is 11.0. The molecule has 2 heterocycles. The molecule has 19 heavy (non-hydrogen) atoms. The minimum Gasteiger partial charge on any atom is -0.379 e. The highest BCUT2D eigenvalue weighted by atomic mass is 16.5. The first-order valence-corrected chi connectivity index (χ1v) is 6.43. The van der Waals surface area contributed by atoms with Gasteiger partial charge in [0, 0.05) is 17.8 Å². The van der Waals surface area contributed by atoms with Crippen LogP contribution in [0.1, 0.15) is 11.5 Å². The molecular formula is C15H17N3O. The fourth-order valence-corrected chi connectivity index (χ4v) is 2.25. The topological polar surface area (TPSA) is 61.0 Å². The molecule has 3 rings (SSSR count). The summed E-state index contributed by atoms with van der Waals surface area (Å²) in [7, 11) is 0. The number of aryl methyl sites for hydroxylation is 1. The van der Waals surface area contributed by atoms with Crippen LogP contribution in [0, 0.1) is 6.92 Å². The van der Waals surface area contributed by atoms with Crippen LogP contribution in [0.3, 0.4) is 0 Å². The predicted octanol–water partition coefficient (Wildman–Crippen LogP) is 1.68. The molecule has 1 aromatic heterocycles. The van der Waals surface area contributed by atoms with Crippen molar-refractivity contribution in [1.29, 1.82) is 0 Å². The molecule has 0 saturated carbocycles. The van der Waals surface area contributed by atoms with E-state index in [1.165, 1.54) is 0 Å². The Hall–Kier alpha value is -1.78. The van der Waals surface area contributed by atoms with Gasteiger partial charge in [0.15, 0.2) is 0 Å². The second kappa shape index (κ2) is 4.72. The molecule has 0 bridgehead atoms. The molecule has 4 nitrogen and oxygen atoms in total. The normalized spacial score (nSPS) is 16.9. The largest absolute Gasteiger partial charge is 0.379 e. The van der Waals surface area contributed by atoms with Gasteiger partial charge < -0.3 is 10.5 Å². The highest BCUT2D eigenvalue weighted by Gasteiger charge is 2.42. The van der Waals surface area contributed by atoms with E-state index in [4.69, 9.17) is 15.5 Å². The van der Waals surface area contributed by atoms with Crippen molar-refractivity contribution < 1.29 is 4.74 Å². The molecule has 1 saturated heterocycles. The summed E-state index contributed by atoms with van der Waals surface area (Å²) >= 11 is 0. The minimum absolute atomic E-state index is 0.199. The van der Waals surface area contributed by atoms with Crippen LogP contribution in [-0.2, 0) is 10.2 Å². The molecule has 0 aliphatic carbocycles. The second-order valence-corrected chi connectivity index (χ2v) is 5.06. The van der Waals surface area contributed by atoms with Crippen LogP contribution in [0.4, 0.5) is 0 Å². The minimum atomic E-state index is -0.199. The van der Waals surface area contributed by atoms with Gasteiger partial charge >= 0.3 is 0 Å². The van der Waals surface area contributed by atoms with Crippen molar-refractivity contribution in [2.45, 2.75) is 12.3 Å². The summed E-state index contributed by atoms with van der Waals surface area (Å²) in [4.78, 5) is 9.25. The number of aromatic nitrogens is 2. The van der Waals surface area contributed by atoms with Crippen LogP contribution in [0.25, 0.3) is 11.3 Å². The lowest BCUT2D eigenvalue weighted by Gasteiger charge is -2.39. The van der Waals surface area contributed by atoms with Crippen molar-refractivity contribution in [1.82, 2.24) is 9.97 Å². The Kier molecular flexibility index (Phi) is 3.05. The van der Waals surface area contributed by atoms with Crippen molar-refractivity contribution in [2.24, 2.45) is 5.73 Å². The number of rotatable bonds is 3. The molecule has 1 aliphatic rings. The summed E-state index contributed by atoms with van der Waals surface area (Å²) in [5, 5.41) is 0. The maximum absolute atomic E-state index is 5.88. The molecule has 1 aromatic carbocycles. The molecule has 2 aromatic rings. The number of nitrogens with two attached hydrogens (primary N) is 1. The summed E-state index contributed by atoms with van der Waals surface area (Å²) < 4.78 is 5.31. The van der Waals surface area contributed by atoms with E-state index < -0.39 is 0 Å². The summed E-state index contributed by atoms with van der Waals surface area (Å²) in [6.07, 6.45) is 0. The third-order valence-electron chi connectivity index (χ3n) is 3.55. The lowest BCUT2D eigenvalue weighted by atomic mass is 9.85. The molecule has 1 fully saturated rings. The van der Waals surface area contributed by atoms with E-state index in [9.17, 15) is 0 Å². The fourth-order valence-electron chi connectivity index (χ4n) is 2.25. The molecule has 0 spiro atoms. The Bertz CT molecular complexity index is 574. The van der Waals surface area contributed by atoms with E-state index in [1.54, 1.807) is 0 Å². The maximum atomic E-state index is 5.88. The van der Waals surface area contributed by atoms with Gasteiger partial charge in [0.2, 0.25) is 0 Å². The zero-order chi connectivity index (χ0) is 13.3. The number of hydrogen-bond donors (Lipinski definition) is 1. The zero-order valence-corrected chi connectivity index (χ0v) is 11.0. The van der Waals surface area contributed by atoms with E-state index in [1.807, 2.05) is 31.2 Å². The van der Waals surface area contributed by atoms with E-state index in [0.29, 0.717) is 19.8 Å². The fraction of sp³-hybridized carbons (Fsp3) is 0.333. The quantitative estimate of drug-likeness (QED) is 0.906. The number of ether oxygens (including phenoxy) is 1. The van der Waals surface area contributed by atoms with Gasteiger partial charge in [0.25, 0.3) is 0 Å². The SMILES string of the molecule is Cc1cc(-c2ccccc2)nc(C2(CN)COC2)n1. The molecule has 2 N–H and O–H groups in total. The summed E-state index contributed by atoms with van der Waals surface area (Å²) in [5.74, 6) is 0.806. The van der Waals surface area contributed by atoms with Gasteiger partial charge in [0.05, 0.1) is 24.3 Å². The van der Waals surface area contributed by atoms with Gasteiger partial charge in [-0.3, -0.25) is 0 Å². The third kappa shape index (κ3) is 2.13. The third-order valence-corrected chi connectivity index (χ3v) is 3.55. The summed E-state index contributed by atoms with van der Waals surface area (Å²) in [6.45, 7) is 3.73. The van der Waals surface area contributed by atoms with Gasteiger partial charge in [-0.05, 0) is 13.0 Å². The Labute approximate surface area is 112 Å². The number of nitrogens with zero attached hydrogens (tertiary/aromatic N) is 2. The molecule has 1 aliphatic heterocycles. The van der Waals surface area contributed by atoms with Crippen LogP contribution >= 0.6 is 0 Å². The van der Waals surface area contributed by atoms with Crippen LogP contribution in [-0.4, -0.2) is 29.7 Å². The molecule has 98 valence electrons. The first-order chi connectivity index (χ1) is 9.23. The summed E-state index contributed by atoms with van der Waals surface area (Å²) in [5.41, 5.74) is 8.69. The van der Waals surface area contributed by atoms with Gasteiger partial charge in [-0.15, -0.1) is 0 Å². The molecule has 0 radical (unpaired) electrons. The Balaban J connectivity index is 2.06. The molecule has 0 amide bonds. The molecule has 4 heteroatoms. The van der Waals surface area contributed by atoms with Crippen LogP contribution in [0.15, 0.2) is 36.4 Å². The molecule has 0 unspecified atom stereocenters. The number of benzene rings is 1. The van der Waals surface area contributed by atoms with E-state index in [2.05, 4.69) is 17.1 Å². The monoisotopic (exact) mass is 255 g/mol. The first kappa shape index (κ1) is 12.3. The molecular weight excluding hydrogens is 238 g/mol. The lowest BCUT2D eigenvalue weighted by molar-refractivity contribution is -0.0594. The first-order valence-electron chi connectivity index (χ1n) is 6.43. The van der Waals surface area contributed by atoms with Gasteiger partial charge in [0.1, 0.15) is 5.82 Å². The predicted molar refractivity (Wildman–Crippen MR) is 73.8 cm³/mol. The van der Waals surface area contributed by atoms with Crippen LogP contribution in [0.2, 0.25) is 0 Å². The van der Waals surface area contributed by atoms with Crippen molar-refractivity contribution in [2.75, 3.05) is 19.8 Å². The average molecular weight is 255 g/mol. The Morgan fingerprint density at radius 1 is 1.21 bits per heavy atom. The number of hydrogen-bond acceptors (Lipinski definition) is 4. The second-order valence-electron chi connectivity index (χ2n) is 5.06. The van der Waals surface area contributed by atoms with Crippen LogP contribution < -0.4 is 5.73 Å². The maximum Gasteiger partial charge on any atom is 0.141 e. The average Bonchev–Trinajstić information content (AvgIpc) is 2.39. The van der Waals surface area contributed by atoms with Gasteiger partial charge in [-0.25, -0.2) is 9.97 Å². The summed E-state index contributed by atoms with van der Waals surface area (Å²) in [6, 6.07) is 12.1. The smallest absolute Gasteiger partial charge is 0.141 e. The van der Waals surface area contributed by atoms with Crippen molar-refractivity contribution >= 4 is 0 Å². The van der Waals surface area contributed by atoms with E-state index >= 15 is 0 Å². The van der Waals surface area contributed by atoms with Gasteiger partial charge in [-0.1, -0.05) is 30.3 Å². The van der Waals surface area contributed by atoms with Crippen molar-refractivity contribution in [3.05, 3.63) is 47.9 Å².